The molecule has 7 rings (SSSR count). The number of nitrogens with zero attached hydrogens (tertiary/aromatic N) is 2. The number of halogens is 1. The van der Waals surface area contributed by atoms with Crippen LogP contribution in [-0.4, -0.2) is 0 Å². The Morgan fingerprint density at radius 3 is 1.55 bits per heavy atom. The molecule has 0 amide bonds. The zero-order valence-corrected chi connectivity index (χ0v) is 33.6. The van der Waals surface area contributed by atoms with Crippen molar-refractivity contribution in [1.29, 1.82) is 0 Å². The molecule has 1 aliphatic rings. The van der Waals surface area contributed by atoms with Gasteiger partial charge in [0.25, 0.3) is 0 Å². The Bertz CT molecular complexity index is 2220. The molecule has 6 aromatic rings. The van der Waals surface area contributed by atoms with Crippen molar-refractivity contribution >= 4 is 45.6 Å². The van der Waals surface area contributed by atoms with Crippen molar-refractivity contribution in [3.8, 4) is 0 Å². The Hall–Kier alpha value is -5.31. The maximum atomic E-state index is 7.29. The topological polar surface area (TPSA) is 6.48 Å². The number of rotatable bonds is 14. The molecule has 1 unspecified atom stereocenters. The first-order valence-electron chi connectivity index (χ1n) is 20.0. The zero-order chi connectivity index (χ0) is 38.2. The molecular formula is C52H53ClN2. The molecule has 0 fully saturated rings. The third kappa shape index (κ3) is 8.51. The van der Waals surface area contributed by atoms with Crippen molar-refractivity contribution in [3.05, 3.63) is 202 Å². The molecule has 0 saturated carbocycles. The van der Waals surface area contributed by atoms with E-state index in [1.807, 2.05) is 0 Å². The molecule has 55 heavy (non-hydrogen) atoms. The van der Waals surface area contributed by atoms with Gasteiger partial charge in [0.05, 0.1) is 10.6 Å². The van der Waals surface area contributed by atoms with Crippen molar-refractivity contribution in [1.82, 2.24) is 0 Å². The third-order valence-electron chi connectivity index (χ3n) is 11.0. The molecule has 3 heteroatoms. The quantitative estimate of drug-likeness (QED) is 0.110. The summed E-state index contributed by atoms with van der Waals surface area (Å²) in [5, 5.41) is 0.732. The van der Waals surface area contributed by atoms with Crippen LogP contribution in [0.3, 0.4) is 0 Å². The van der Waals surface area contributed by atoms with E-state index in [1.165, 1.54) is 59.2 Å². The van der Waals surface area contributed by atoms with E-state index in [4.69, 9.17) is 11.6 Å². The molecule has 0 heterocycles. The highest BCUT2D eigenvalue weighted by molar-refractivity contribution is 6.33. The Morgan fingerprint density at radius 2 is 1.05 bits per heavy atom. The Kier molecular flexibility index (Phi) is 12.0. The minimum Gasteiger partial charge on any atom is -0.327 e. The molecule has 2 nitrogen and oxygen atoms in total. The van der Waals surface area contributed by atoms with Crippen molar-refractivity contribution in [3.63, 3.8) is 0 Å². The first kappa shape index (κ1) is 38.0. The summed E-state index contributed by atoms with van der Waals surface area (Å²) < 4.78 is 0. The van der Waals surface area contributed by atoms with E-state index in [0.29, 0.717) is 0 Å². The molecule has 0 aromatic heterocycles. The summed E-state index contributed by atoms with van der Waals surface area (Å²) in [7, 11) is 0. The van der Waals surface area contributed by atoms with Crippen molar-refractivity contribution in [2.45, 2.75) is 78.2 Å². The van der Waals surface area contributed by atoms with Crippen LogP contribution in [0.25, 0.3) is 5.57 Å². The first-order valence-corrected chi connectivity index (χ1v) is 20.4. The molecule has 1 aliphatic carbocycles. The normalized spacial score (nSPS) is 15.1. The fraction of sp³-hybridized carbons (Fsp3) is 0.231. The van der Waals surface area contributed by atoms with E-state index >= 15 is 0 Å². The summed E-state index contributed by atoms with van der Waals surface area (Å²) in [4.78, 5) is 4.82. The first-order chi connectivity index (χ1) is 26.9. The number of aryl methyl sites for hydroxylation is 4. The van der Waals surface area contributed by atoms with Gasteiger partial charge in [-0.15, -0.1) is 0 Å². The van der Waals surface area contributed by atoms with Gasteiger partial charge in [-0.3, -0.25) is 0 Å². The molecule has 0 radical (unpaired) electrons. The maximum Gasteiger partial charge on any atom is 0.0923 e. The van der Waals surface area contributed by atoms with Crippen LogP contribution in [-0.2, 0) is 18.4 Å². The number of anilines is 5. The van der Waals surface area contributed by atoms with Gasteiger partial charge < -0.3 is 9.80 Å². The van der Waals surface area contributed by atoms with Crippen LogP contribution in [0, 0.1) is 13.8 Å². The standard InChI is InChI=1S/C52H53ClN2/c1-5-7-12-41-20-28-46(29-21-41)54(45-24-16-39(3)17-25-45)49-32-33-50(51(53)38-49)43-34-36-52(37-35-43,44-14-10-9-11-15-44)55(47-26-18-40(4)19-27-47)48-30-22-42(23-31-48)13-8-6-2/h9-11,14-36,38H,5-8,12-13,37H2,1-4H3. The summed E-state index contributed by atoms with van der Waals surface area (Å²) in [5.74, 6) is 0. The van der Waals surface area contributed by atoms with Gasteiger partial charge >= 0.3 is 0 Å². The van der Waals surface area contributed by atoms with Gasteiger partial charge in [0.2, 0.25) is 0 Å². The van der Waals surface area contributed by atoms with Crippen molar-refractivity contribution in [2.75, 3.05) is 9.80 Å². The van der Waals surface area contributed by atoms with Crippen LogP contribution in [0.4, 0.5) is 28.4 Å². The smallest absolute Gasteiger partial charge is 0.0923 e. The summed E-state index contributed by atoms with van der Waals surface area (Å²) >= 11 is 7.29. The second-order valence-corrected chi connectivity index (χ2v) is 15.4. The van der Waals surface area contributed by atoms with Crippen LogP contribution in [0.15, 0.2) is 164 Å². The maximum absolute atomic E-state index is 7.29. The number of unbranched alkanes of at least 4 members (excludes halogenated alkanes) is 2. The average molecular weight is 741 g/mol. The highest BCUT2D eigenvalue weighted by atomic mass is 35.5. The molecule has 0 N–H and O–H groups in total. The Balaban J connectivity index is 1.26. The molecular weight excluding hydrogens is 688 g/mol. The van der Waals surface area contributed by atoms with Gasteiger partial charge in [0.1, 0.15) is 0 Å². The van der Waals surface area contributed by atoms with E-state index in [1.54, 1.807) is 0 Å². The minimum atomic E-state index is -0.455. The largest absolute Gasteiger partial charge is 0.327 e. The van der Waals surface area contributed by atoms with Gasteiger partial charge in [0, 0.05) is 34.0 Å². The zero-order valence-electron chi connectivity index (χ0n) is 32.8. The van der Waals surface area contributed by atoms with E-state index in [0.717, 1.165) is 58.2 Å². The van der Waals surface area contributed by atoms with Crippen molar-refractivity contribution < 1.29 is 0 Å². The van der Waals surface area contributed by atoms with Crippen LogP contribution in [0.2, 0.25) is 5.02 Å². The number of allylic oxidation sites excluding steroid dienone is 2. The SMILES string of the molecule is CCCCc1ccc(N(c2ccc(C)cc2)c2ccc(C3=CCC(c4ccccc4)(N(c4ccc(C)cc4)c4ccc(CCCC)cc4)C=C3)c(Cl)c2)cc1. The average Bonchev–Trinajstić information content (AvgIpc) is 3.22. The van der Waals surface area contributed by atoms with E-state index in [9.17, 15) is 0 Å². The molecule has 0 aliphatic heterocycles. The van der Waals surface area contributed by atoms with Crippen LogP contribution in [0.5, 0.6) is 0 Å². The molecule has 6 aromatic carbocycles. The monoisotopic (exact) mass is 740 g/mol. The minimum absolute atomic E-state index is 0.455. The molecule has 0 spiro atoms. The molecule has 278 valence electrons. The number of hydrogen-bond donors (Lipinski definition) is 0. The summed E-state index contributed by atoms with van der Waals surface area (Å²) in [5.41, 5.74) is 13.8. The van der Waals surface area contributed by atoms with Crippen LogP contribution < -0.4 is 9.80 Å². The second-order valence-electron chi connectivity index (χ2n) is 15.0. The lowest BCUT2D eigenvalue weighted by atomic mass is 9.78. The highest BCUT2D eigenvalue weighted by Gasteiger charge is 2.38. The number of hydrogen-bond acceptors (Lipinski definition) is 2. The van der Waals surface area contributed by atoms with Gasteiger partial charge in [-0.25, -0.2) is 0 Å². The number of benzene rings is 6. The van der Waals surface area contributed by atoms with Gasteiger partial charge in [-0.05, 0) is 129 Å². The second kappa shape index (κ2) is 17.4. The van der Waals surface area contributed by atoms with E-state index < -0.39 is 5.54 Å². The molecule has 1 atom stereocenters. The highest BCUT2D eigenvalue weighted by Crippen LogP contribution is 2.47. The van der Waals surface area contributed by atoms with Crippen molar-refractivity contribution in [2.24, 2.45) is 0 Å². The Morgan fingerprint density at radius 1 is 0.564 bits per heavy atom. The fourth-order valence-corrected chi connectivity index (χ4v) is 8.06. The van der Waals surface area contributed by atoms with E-state index in [2.05, 4.69) is 201 Å². The Labute approximate surface area is 334 Å². The fourth-order valence-electron chi connectivity index (χ4n) is 7.77. The lowest BCUT2D eigenvalue weighted by molar-refractivity contribution is 0.548. The lowest BCUT2D eigenvalue weighted by Gasteiger charge is -2.45. The van der Waals surface area contributed by atoms with Gasteiger partial charge in [0.15, 0.2) is 0 Å². The third-order valence-corrected chi connectivity index (χ3v) is 11.3. The van der Waals surface area contributed by atoms with Gasteiger partial charge in [-0.2, -0.15) is 0 Å². The van der Waals surface area contributed by atoms with Crippen LogP contribution in [0.1, 0.15) is 79.3 Å². The van der Waals surface area contributed by atoms with Crippen LogP contribution >= 0.6 is 11.6 Å². The predicted molar refractivity (Wildman–Crippen MR) is 238 cm³/mol. The van der Waals surface area contributed by atoms with E-state index in [-0.39, 0.29) is 0 Å². The van der Waals surface area contributed by atoms with Gasteiger partial charge in [-0.1, -0.05) is 153 Å². The predicted octanol–water partition coefficient (Wildman–Crippen LogP) is 15.2. The summed E-state index contributed by atoms with van der Waals surface area (Å²) in [6.07, 6.45) is 14.8. The molecule has 0 bridgehead atoms. The summed E-state index contributed by atoms with van der Waals surface area (Å²) in [6, 6.07) is 53.3. The molecule has 0 saturated heterocycles. The summed E-state index contributed by atoms with van der Waals surface area (Å²) in [6.45, 7) is 8.78. The lowest BCUT2D eigenvalue weighted by Crippen LogP contribution is -2.42.